The molecule has 1 amide bonds. The molecule has 0 unspecified atom stereocenters. The average Bonchev–Trinajstić information content (AvgIpc) is 2.84. The Bertz CT molecular complexity index is 1030. The minimum absolute atomic E-state index is 0.0428. The number of benzene rings is 3. The summed E-state index contributed by atoms with van der Waals surface area (Å²) in [5, 5.41) is 11.6. The Balaban J connectivity index is 1.85. The number of aliphatic hydroxyl groups excluding tert-OH is 1. The predicted octanol–water partition coefficient (Wildman–Crippen LogP) is 6.02. The minimum atomic E-state index is -1.04. The molecule has 3 heteroatoms. The Morgan fingerprint density at radius 3 is 1.97 bits per heavy atom. The first-order chi connectivity index (χ1) is 15.1. The van der Waals surface area contributed by atoms with Crippen LogP contribution in [0.4, 0.5) is 0 Å². The van der Waals surface area contributed by atoms with Crippen LogP contribution in [-0.4, -0.2) is 15.9 Å². The SMILES string of the molecule is CC/C=C/[C@@]1([C@H](O)c2ccccc2)C(=O)N([C@@H](C)c2ccccc2)[C@H]1c1ccccc1. The van der Waals surface area contributed by atoms with Gasteiger partial charge in [0.2, 0.25) is 5.91 Å². The second-order valence-electron chi connectivity index (χ2n) is 8.17. The van der Waals surface area contributed by atoms with Crippen molar-refractivity contribution in [3.05, 3.63) is 120 Å². The number of β-lactam (4-membered cyclic amide) rings is 1. The van der Waals surface area contributed by atoms with Crippen molar-refractivity contribution in [2.75, 3.05) is 0 Å². The summed E-state index contributed by atoms with van der Waals surface area (Å²) >= 11 is 0. The molecule has 0 saturated carbocycles. The van der Waals surface area contributed by atoms with Crippen molar-refractivity contribution in [1.82, 2.24) is 4.90 Å². The van der Waals surface area contributed by atoms with Crippen LogP contribution >= 0.6 is 0 Å². The van der Waals surface area contributed by atoms with Gasteiger partial charge in [-0.1, -0.05) is 110 Å². The van der Waals surface area contributed by atoms with E-state index in [1.54, 1.807) is 0 Å². The number of allylic oxidation sites excluding steroid dienone is 1. The van der Waals surface area contributed by atoms with Crippen LogP contribution in [0.15, 0.2) is 103 Å². The van der Waals surface area contributed by atoms with Crippen LogP contribution in [0.1, 0.15) is 55.1 Å². The van der Waals surface area contributed by atoms with Gasteiger partial charge in [0.1, 0.15) is 5.41 Å². The monoisotopic (exact) mass is 411 g/mol. The van der Waals surface area contributed by atoms with Crippen molar-refractivity contribution < 1.29 is 9.90 Å². The zero-order valence-corrected chi connectivity index (χ0v) is 18.1. The van der Waals surface area contributed by atoms with Gasteiger partial charge in [-0.25, -0.2) is 0 Å². The van der Waals surface area contributed by atoms with Crippen LogP contribution in [0.2, 0.25) is 0 Å². The van der Waals surface area contributed by atoms with Crippen molar-refractivity contribution >= 4 is 5.91 Å². The number of amides is 1. The molecule has 4 atom stereocenters. The molecule has 1 heterocycles. The molecular weight excluding hydrogens is 382 g/mol. The normalized spacial score (nSPS) is 22.9. The van der Waals surface area contributed by atoms with E-state index < -0.39 is 11.5 Å². The molecule has 1 fully saturated rings. The van der Waals surface area contributed by atoms with E-state index in [-0.39, 0.29) is 18.0 Å². The number of hydrogen-bond donors (Lipinski definition) is 1. The summed E-state index contributed by atoms with van der Waals surface area (Å²) in [6.07, 6.45) is 3.81. The Morgan fingerprint density at radius 1 is 0.903 bits per heavy atom. The molecule has 4 rings (SSSR count). The second-order valence-corrected chi connectivity index (χ2v) is 8.17. The number of rotatable bonds is 7. The molecule has 0 bridgehead atoms. The summed E-state index contributed by atoms with van der Waals surface area (Å²) in [6.45, 7) is 4.11. The van der Waals surface area contributed by atoms with Crippen LogP contribution in [-0.2, 0) is 4.79 Å². The van der Waals surface area contributed by atoms with E-state index >= 15 is 0 Å². The van der Waals surface area contributed by atoms with Crippen LogP contribution in [0.3, 0.4) is 0 Å². The van der Waals surface area contributed by atoms with Crippen molar-refractivity contribution in [3.8, 4) is 0 Å². The fraction of sp³-hybridized carbons (Fsp3) is 0.250. The molecule has 0 aliphatic carbocycles. The third-order valence-electron chi connectivity index (χ3n) is 6.35. The fourth-order valence-electron chi connectivity index (χ4n) is 4.73. The third-order valence-corrected chi connectivity index (χ3v) is 6.35. The lowest BCUT2D eigenvalue weighted by atomic mass is 9.61. The summed E-state index contributed by atoms with van der Waals surface area (Å²) in [6, 6.07) is 29.3. The Labute approximate surface area is 184 Å². The van der Waals surface area contributed by atoms with E-state index in [1.165, 1.54) is 0 Å². The number of carbonyl (C=O) groups excluding carboxylic acids is 1. The largest absolute Gasteiger partial charge is 0.387 e. The van der Waals surface area contributed by atoms with Crippen molar-refractivity contribution in [2.45, 2.75) is 38.5 Å². The standard InChI is InChI=1S/C28H29NO2/c1-3-4-20-28(26(30)24-18-12-7-13-19-24)25(23-16-10-6-11-17-23)29(27(28)31)21(2)22-14-8-5-9-15-22/h4-21,25-26,30H,3H2,1-2H3/b20-4+/t21-,25-,26+,28+/m0/s1. The van der Waals surface area contributed by atoms with E-state index in [0.29, 0.717) is 0 Å². The minimum Gasteiger partial charge on any atom is -0.387 e. The first-order valence-electron chi connectivity index (χ1n) is 10.9. The lowest BCUT2D eigenvalue weighted by Crippen LogP contribution is -2.65. The molecule has 158 valence electrons. The summed E-state index contributed by atoms with van der Waals surface area (Å²) < 4.78 is 0. The molecule has 1 aliphatic heterocycles. The molecule has 0 spiro atoms. The number of carbonyl (C=O) groups is 1. The Kier molecular flexibility index (Phi) is 6.06. The maximum Gasteiger partial charge on any atom is 0.239 e. The molecule has 3 aromatic carbocycles. The highest BCUT2D eigenvalue weighted by Crippen LogP contribution is 2.60. The fourth-order valence-corrected chi connectivity index (χ4v) is 4.73. The average molecular weight is 412 g/mol. The van der Waals surface area contributed by atoms with E-state index in [9.17, 15) is 9.90 Å². The van der Waals surface area contributed by atoms with Gasteiger partial charge in [-0.2, -0.15) is 0 Å². The van der Waals surface area contributed by atoms with Crippen LogP contribution in [0.5, 0.6) is 0 Å². The van der Waals surface area contributed by atoms with Crippen LogP contribution < -0.4 is 0 Å². The zero-order chi connectivity index (χ0) is 21.8. The summed E-state index contributed by atoms with van der Waals surface area (Å²) in [7, 11) is 0. The topological polar surface area (TPSA) is 40.5 Å². The van der Waals surface area contributed by atoms with Gasteiger partial charge in [0.15, 0.2) is 0 Å². The van der Waals surface area contributed by atoms with Crippen molar-refractivity contribution in [1.29, 1.82) is 0 Å². The quantitative estimate of drug-likeness (QED) is 0.382. The van der Waals surface area contributed by atoms with Gasteiger partial charge in [0.25, 0.3) is 0 Å². The molecule has 0 aromatic heterocycles. The van der Waals surface area contributed by atoms with Gasteiger partial charge < -0.3 is 10.0 Å². The first-order valence-corrected chi connectivity index (χ1v) is 10.9. The Hall–Kier alpha value is -3.17. The summed E-state index contributed by atoms with van der Waals surface area (Å²) in [5.41, 5.74) is 1.83. The molecule has 3 aromatic rings. The summed E-state index contributed by atoms with van der Waals surface area (Å²) in [5.74, 6) is -0.0428. The van der Waals surface area contributed by atoms with E-state index in [1.807, 2.05) is 103 Å². The maximum absolute atomic E-state index is 13.9. The maximum atomic E-state index is 13.9. The lowest BCUT2D eigenvalue weighted by Gasteiger charge is -2.59. The predicted molar refractivity (Wildman–Crippen MR) is 124 cm³/mol. The number of likely N-dealkylation sites (tertiary alicyclic amines) is 1. The highest BCUT2D eigenvalue weighted by Gasteiger charge is 2.64. The zero-order valence-electron chi connectivity index (χ0n) is 18.1. The van der Waals surface area contributed by atoms with E-state index in [2.05, 4.69) is 19.1 Å². The van der Waals surface area contributed by atoms with Crippen LogP contribution in [0.25, 0.3) is 0 Å². The molecule has 3 nitrogen and oxygen atoms in total. The Morgan fingerprint density at radius 2 is 1.42 bits per heavy atom. The molecule has 1 N–H and O–H groups in total. The number of nitrogens with zero attached hydrogens (tertiary/aromatic N) is 1. The first kappa shape index (κ1) is 21.1. The lowest BCUT2D eigenvalue weighted by molar-refractivity contribution is -0.186. The molecule has 1 aliphatic rings. The van der Waals surface area contributed by atoms with Crippen LogP contribution in [0, 0.1) is 5.41 Å². The number of hydrogen-bond acceptors (Lipinski definition) is 2. The highest BCUT2D eigenvalue weighted by atomic mass is 16.3. The van der Waals surface area contributed by atoms with Gasteiger partial charge >= 0.3 is 0 Å². The molecule has 31 heavy (non-hydrogen) atoms. The third kappa shape index (κ3) is 3.60. The highest BCUT2D eigenvalue weighted by molar-refractivity contribution is 5.94. The number of aliphatic hydroxyl groups is 1. The van der Waals surface area contributed by atoms with Crippen molar-refractivity contribution in [3.63, 3.8) is 0 Å². The second kappa shape index (κ2) is 8.91. The summed E-state index contributed by atoms with van der Waals surface area (Å²) in [4.78, 5) is 15.8. The van der Waals surface area contributed by atoms with Crippen molar-refractivity contribution in [2.24, 2.45) is 5.41 Å². The van der Waals surface area contributed by atoms with Gasteiger partial charge in [-0.15, -0.1) is 0 Å². The molecular formula is C28H29NO2. The molecule has 0 radical (unpaired) electrons. The van der Waals surface area contributed by atoms with Gasteiger partial charge in [-0.3, -0.25) is 4.79 Å². The molecule has 1 saturated heterocycles. The van der Waals surface area contributed by atoms with E-state index in [4.69, 9.17) is 0 Å². The van der Waals surface area contributed by atoms with Gasteiger partial charge in [0, 0.05) is 0 Å². The van der Waals surface area contributed by atoms with Gasteiger partial charge in [-0.05, 0) is 30.0 Å². The van der Waals surface area contributed by atoms with E-state index in [0.717, 1.165) is 23.1 Å². The smallest absolute Gasteiger partial charge is 0.239 e. The van der Waals surface area contributed by atoms with Gasteiger partial charge in [0.05, 0.1) is 18.2 Å².